The van der Waals surface area contributed by atoms with Crippen LogP contribution in [-0.2, 0) is 22.6 Å². The van der Waals surface area contributed by atoms with Crippen molar-refractivity contribution in [2.75, 3.05) is 26.8 Å². The van der Waals surface area contributed by atoms with Crippen LogP contribution >= 0.6 is 0 Å². The molecule has 1 rings (SSSR count). The van der Waals surface area contributed by atoms with Crippen LogP contribution in [0.3, 0.4) is 0 Å². The molecule has 0 saturated heterocycles. The van der Waals surface area contributed by atoms with Crippen molar-refractivity contribution in [2.45, 2.75) is 26.4 Å². The molecule has 1 aromatic rings. The van der Waals surface area contributed by atoms with Gasteiger partial charge in [0, 0.05) is 32.9 Å². The summed E-state index contributed by atoms with van der Waals surface area (Å²) in [6.45, 7) is 4.66. The molecule has 0 unspecified atom stereocenters. The zero-order chi connectivity index (χ0) is 13.4. The van der Waals surface area contributed by atoms with E-state index >= 15 is 0 Å². The Labute approximate surface area is 107 Å². The van der Waals surface area contributed by atoms with Gasteiger partial charge in [0.25, 0.3) is 0 Å². The normalized spacial score (nSPS) is 11.1. The van der Waals surface area contributed by atoms with Gasteiger partial charge in [-0.3, -0.25) is 14.4 Å². The third-order valence-electron chi connectivity index (χ3n) is 2.60. The second-order valence-corrected chi connectivity index (χ2v) is 4.14. The number of rotatable bonds is 9. The molecule has 0 radical (unpaired) electrons. The predicted octanol–water partition coefficient (Wildman–Crippen LogP) is 0.826. The Hall–Kier alpha value is -1.40. The number of aliphatic carboxylic acids is 1. The van der Waals surface area contributed by atoms with Gasteiger partial charge in [-0.25, -0.2) is 0 Å². The molecule has 6 heteroatoms. The molecular formula is C12H21N3O3. The minimum Gasteiger partial charge on any atom is -0.480 e. The Morgan fingerprint density at radius 2 is 2.39 bits per heavy atom. The minimum atomic E-state index is -0.826. The van der Waals surface area contributed by atoms with Crippen LogP contribution in [0.5, 0.6) is 0 Å². The molecule has 0 atom stereocenters. The van der Waals surface area contributed by atoms with Crippen molar-refractivity contribution in [1.82, 2.24) is 14.7 Å². The summed E-state index contributed by atoms with van der Waals surface area (Å²) in [6, 6.07) is 1.93. The van der Waals surface area contributed by atoms with Gasteiger partial charge in [-0.2, -0.15) is 5.10 Å². The monoisotopic (exact) mass is 255 g/mol. The number of hydrogen-bond acceptors (Lipinski definition) is 4. The molecule has 0 fully saturated rings. The Balaban J connectivity index is 2.62. The molecular weight excluding hydrogens is 234 g/mol. The number of carbonyl (C=O) groups is 1. The van der Waals surface area contributed by atoms with Crippen LogP contribution in [0, 0.1) is 0 Å². The van der Waals surface area contributed by atoms with Crippen LogP contribution in [0.2, 0.25) is 0 Å². The summed E-state index contributed by atoms with van der Waals surface area (Å²) in [5, 5.41) is 13.1. The highest BCUT2D eigenvalue weighted by atomic mass is 16.5. The molecule has 0 saturated carbocycles. The largest absolute Gasteiger partial charge is 0.480 e. The number of hydrogen-bond donors (Lipinski definition) is 1. The zero-order valence-corrected chi connectivity index (χ0v) is 11.0. The first-order valence-corrected chi connectivity index (χ1v) is 6.11. The average Bonchev–Trinajstić information content (AvgIpc) is 2.73. The van der Waals surface area contributed by atoms with Gasteiger partial charge in [-0.15, -0.1) is 0 Å². The minimum absolute atomic E-state index is 0.0145. The van der Waals surface area contributed by atoms with Gasteiger partial charge in [0.15, 0.2) is 0 Å². The fourth-order valence-corrected chi connectivity index (χ4v) is 1.76. The maximum atomic E-state index is 10.8. The van der Waals surface area contributed by atoms with Gasteiger partial charge in [0.05, 0.1) is 18.8 Å². The molecule has 0 bridgehead atoms. The summed E-state index contributed by atoms with van der Waals surface area (Å²) in [7, 11) is 1.61. The molecule has 18 heavy (non-hydrogen) atoms. The highest BCUT2D eigenvalue weighted by Gasteiger charge is 2.12. The summed E-state index contributed by atoms with van der Waals surface area (Å²) in [4.78, 5) is 12.6. The maximum absolute atomic E-state index is 10.8. The van der Waals surface area contributed by atoms with Crippen LogP contribution in [-0.4, -0.2) is 52.6 Å². The molecule has 1 N–H and O–H groups in total. The summed E-state index contributed by atoms with van der Waals surface area (Å²) < 4.78 is 6.91. The van der Waals surface area contributed by atoms with Crippen molar-refractivity contribution >= 4 is 5.97 Å². The molecule has 0 spiro atoms. The van der Waals surface area contributed by atoms with E-state index in [1.807, 2.05) is 15.6 Å². The lowest BCUT2D eigenvalue weighted by molar-refractivity contribution is -0.138. The fraction of sp³-hybridized carbons (Fsp3) is 0.667. The van der Waals surface area contributed by atoms with Crippen LogP contribution in [0.25, 0.3) is 0 Å². The van der Waals surface area contributed by atoms with Crippen molar-refractivity contribution in [3.63, 3.8) is 0 Å². The molecule has 0 aromatic carbocycles. The SMILES string of the molecule is CCCn1nccc1CN(CCOC)CC(=O)O. The number of aryl methyl sites for hydroxylation is 1. The van der Waals surface area contributed by atoms with E-state index in [0.717, 1.165) is 18.7 Å². The Morgan fingerprint density at radius 1 is 1.61 bits per heavy atom. The quantitative estimate of drug-likeness (QED) is 0.707. The van der Waals surface area contributed by atoms with E-state index in [9.17, 15) is 4.79 Å². The first kappa shape index (κ1) is 14.7. The average molecular weight is 255 g/mol. The lowest BCUT2D eigenvalue weighted by Gasteiger charge is -2.20. The van der Waals surface area contributed by atoms with E-state index in [0.29, 0.717) is 19.7 Å². The van der Waals surface area contributed by atoms with Gasteiger partial charge in [-0.1, -0.05) is 6.92 Å². The van der Waals surface area contributed by atoms with Crippen LogP contribution in [0.4, 0.5) is 0 Å². The van der Waals surface area contributed by atoms with Gasteiger partial charge >= 0.3 is 5.97 Å². The molecule has 6 nitrogen and oxygen atoms in total. The highest BCUT2D eigenvalue weighted by molar-refractivity contribution is 5.69. The lowest BCUT2D eigenvalue weighted by atomic mass is 10.3. The third kappa shape index (κ3) is 4.85. The number of methoxy groups -OCH3 is 1. The van der Waals surface area contributed by atoms with E-state index in [1.54, 1.807) is 13.3 Å². The van der Waals surface area contributed by atoms with E-state index in [1.165, 1.54) is 0 Å². The standard InChI is InChI=1S/C12H21N3O3/c1-3-6-15-11(4-5-13-15)9-14(7-8-18-2)10-12(16)17/h4-5H,3,6-10H2,1-2H3,(H,16,17). The van der Waals surface area contributed by atoms with Crippen molar-refractivity contribution in [3.8, 4) is 0 Å². The van der Waals surface area contributed by atoms with Crippen LogP contribution in [0.15, 0.2) is 12.3 Å². The van der Waals surface area contributed by atoms with Crippen LogP contribution in [0.1, 0.15) is 19.0 Å². The highest BCUT2D eigenvalue weighted by Crippen LogP contribution is 2.05. The molecule has 102 valence electrons. The predicted molar refractivity (Wildman–Crippen MR) is 67.3 cm³/mol. The van der Waals surface area contributed by atoms with Gasteiger partial charge < -0.3 is 9.84 Å². The summed E-state index contributed by atoms with van der Waals surface area (Å²) >= 11 is 0. The fourth-order valence-electron chi connectivity index (χ4n) is 1.76. The Kier molecular flexibility index (Phi) is 6.38. The first-order chi connectivity index (χ1) is 8.67. The van der Waals surface area contributed by atoms with Gasteiger partial charge in [-0.05, 0) is 12.5 Å². The van der Waals surface area contributed by atoms with Crippen molar-refractivity contribution in [3.05, 3.63) is 18.0 Å². The second-order valence-electron chi connectivity index (χ2n) is 4.14. The summed E-state index contributed by atoms with van der Waals surface area (Å²) in [5.41, 5.74) is 1.04. The van der Waals surface area contributed by atoms with Gasteiger partial charge in [0.2, 0.25) is 0 Å². The molecule has 0 aliphatic heterocycles. The molecule has 0 aliphatic rings. The Bertz CT molecular complexity index is 365. The summed E-state index contributed by atoms with van der Waals surface area (Å²) in [5.74, 6) is -0.826. The van der Waals surface area contributed by atoms with E-state index in [-0.39, 0.29) is 6.54 Å². The second kappa shape index (κ2) is 7.84. The van der Waals surface area contributed by atoms with E-state index in [4.69, 9.17) is 9.84 Å². The smallest absolute Gasteiger partial charge is 0.317 e. The summed E-state index contributed by atoms with van der Waals surface area (Å²) in [6.07, 6.45) is 2.76. The Morgan fingerprint density at radius 3 is 3.00 bits per heavy atom. The molecule has 0 aliphatic carbocycles. The number of nitrogens with zero attached hydrogens (tertiary/aromatic N) is 3. The molecule has 0 amide bonds. The van der Waals surface area contributed by atoms with Crippen molar-refractivity contribution in [2.24, 2.45) is 0 Å². The zero-order valence-electron chi connectivity index (χ0n) is 11.0. The van der Waals surface area contributed by atoms with Crippen molar-refractivity contribution < 1.29 is 14.6 Å². The first-order valence-electron chi connectivity index (χ1n) is 6.11. The van der Waals surface area contributed by atoms with E-state index in [2.05, 4.69) is 12.0 Å². The topological polar surface area (TPSA) is 67.6 Å². The maximum Gasteiger partial charge on any atom is 0.317 e. The molecule has 1 heterocycles. The van der Waals surface area contributed by atoms with Gasteiger partial charge in [0.1, 0.15) is 0 Å². The number of carboxylic acids is 1. The lowest BCUT2D eigenvalue weighted by Crippen LogP contribution is -2.33. The third-order valence-corrected chi connectivity index (χ3v) is 2.60. The van der Waals surface area contributed by atoms with E-state index < -0.39 is 5.97 Å². The van der Waals surface area contributed by atoms with Crippen LogP contribution < -0.4 is 0 Å². The molecule has 1 aromatic heterocycles. The number of ether oxygens (including phenoxy) is 1. The van der Waals surface area contributed by atoms with Crippen molar-refractivity contribution in [1.29, 1.82) is 0 Å². The number of carboxylic acid groups (broad SMARTS) is 1. The number of aromatic nitrogens is 2.